The lowest BCUT2D eigenvalue weighted by molar-refractivity contribution is -0.0594. The second kappa shape index (κ2) is 9.99. The Morgan fingerprint density at radius 1 is 1.11 bits per heavy atom. The molecule has 1 aromatic carbocycles. The first kappa shape index (κ1) is 25.4. The summed E-state index contributed by atoms with van der Waals surface area (Å²) in [7, 11) is 2.61. The van der Waals surface area contributed by atoms with E-state index in [0.717, 1.165) is 78.6 Å². The molecular formula is C26H34N8O3S. The number of para-hydroxylation sites is 2. The number of nitrogens with zero attached hydrogens (tertiary/aromatic N) is 8. The highest BCUT2D eigenvalue weighted by atomic mass is 32.2. The van der Waals surface area contributed by atoms with Crippen molar-refractivity contribution >= 4 is 39.0 Å². The van der Waals surface area contributed by atoms with Crippen molar-refractivity contribution in [2.24, 2.45) is 7.05 Å². The van der Waals surface area contributed by atoms with Crippen molar-refractivity contribution < 1.29 is 13.7 Å². The van der Waals surface area contributed by atoms with Crippen LogP contribution in [-0.2, 0) is 39.5 Å². The SMILES string of the molecule is CCc1nc2ccccc2n1-c1nc(N2CCOCC2)c2nc(C3(OC)CCCN(S(C)=O)C3)n(C)c2n1. The molecule has 2 fully saturated rings. The van der Waals surface area contributed by atoms with E-state index in [0.29, 0.717) is 25.7 Å². The van der Waals surface area contributed by atoms with Gasteiger partial charge in [0.25, 0.3) is 0 Å². The Kier molecular flexibility index (Phi) is 6.67. The number of rotatable bonds is 6. The molecule has 0 spiro atoms. The van der Waals surface area contributed by atoms with Crippen LogP contribution in [0.25, 0.3) is 28.1 Å². The standard InChI is InChI=1S/C26H34N8O3S/c1-5-20-27-18-9-6-7-10-19(18)34(20)25-29-22-21(23(30-25)32-13-15-37-16-14-32)28-24(31(22)2)26(36-3)11-8-12-33(17-26)38(4)35/h6-7,9-10H,5,8,11-17H2,1-4H3. The van der Waals surface area contributed by atoms with Gasteiger partial charge >= 0.3 is 0 Å². The van der Waals surface area contributed by atoms with E-state index < -0.39 is 16.6 Å². The Morgan fingerprint density at radius 2 is 1.89 bits per heavy atom. The number of aryl methyl sites for hydroxylation is 2. The summed E-state index contributed by atoms with van der Waals surface area (Å²) in [5, 5.41) is 0. The topological polar surface area (TPSA) is 103 Å². The second-order valence-electron chi connectivity index (χ2n) is 9.91. The number of methoxy groups -OCH3 is 1. The number of anilines is 1. The molecule has 2 aliphatic heterocycles. The van der Waals surface area contributed by atoms with Crippen molar-refractivity contribution in [2.45, 2.75) is 31.8 Å². The Morgan fingerprint density at radius 3 is 2.63 bits per heavy atom. The van der Waals surface area contributed by atoms with Crippen LogP contribution in [0.3, 0.4) is 0 Å². The van der Waals surface area contributed by atoms with E-state index in [1.165, 1.54) is 0 Å². The molecule has 2 saturated heterocycles. The lowest BCUT2D eigenvalue weighted by atomic mass is 9.93. The third-order valence-corrected chi connectivity index (χ3v) is 8.77. The average Bonchev–Trinajstić information content (AvgIpc) is 3.51. The highest BCUT2D eigenvalue weighted by Crippen LogP contribution is 2.37. The fourth-order valence-electron chi connectivity index (χ4n) is 5.72. The van der Waals surface area contributed by atoms with Crippen LogP contribution in [0.2, 0.25) is 0 Å². The minimum absolute atomic E-state index is 0.503. The smallest absolute Gasteiger partial charge is 0.239 e. The zero-order chi connectivity index (χ0) is 26.4. The van der Waals surface area contributed by atoms with Gasteiger partial charge in [0.1, 0.15) is 17.2 Å². The molecule has 0 radical (unpaired) electrons. The van der Waals surface area contributed by atoms with Gasteiger partial charge in [-0.25, -0.2) is 18.5 Å². The van der Waals surface area contributed by atoms with Gasteiger partial charge in [-0.3, -0.25) is 4.57 Å². The zero-order valence-electron chi connectivity index (χ0n) is 22.4. The largest absolute Gasteiger partial charge is 0.378 e. The number of ether oxygens (including phenoxy) is 2. The van der Waals surface area contributed by atoms with Gasteiger partial charge in [-0.2, -0.15) is 9.97 Å². The summed E-state index contributed by atoms with van der Waals surface area (Å²) in [6, 6.07) is 8.08. The zero-order valence-corrected chi connectivity index (χ0v) is 23.2. The highest BCUT2D eigenvalue weighted by molar-refractivity contribution is 7.81. The van der Waals surface area contributed by atoms with Gasteiger partial charge < -0.3 is 18.9 Å². The number of fused-ring (bicyclic) bond motifs is 2. The number of imidazole rings is 2. The van der Waals surface area contributed by atoms with Crippen LogP contribution in [-0.4, -0.2) is 90.3 Å². The summed E-state index contributed by atoms with van der Waals surface area (Å²) in [5.41, 5.74) is 2.66. The first-order chi connectivity index (χ1) is 18.5. The average molecular weight is 539 g/mol. The highest BCUT2D eigenvalue weighted by Gasteiger charge is 2.43. The lowest BCUT2D eigenvalue weighted by Crippen LogP contribution is -2.48. The quantitative estimate of drug-likeness (QED) is 0.369. The van der Waals surface area contributed by atoms with Crippen molar-refractivity contribution in [1.29, 1.82) is 0 Å². The van der Waals surface area contributed by atoms with Gasteiger partial charge in [0, 0.05) is 53.0 Å². The van der Waals surface area contributed by atoms with E-state index in [2.05, 4.69) is 22.5 Å². The van der Waals surface area contributed by atoms with Crippen LogP contribution in [0.4, 0.5) is 5.82 Å². The van der Waals surface area contributed by atoms with Crippen molar-refractivity contribution in [3.63, 3.8) is 0 Å². The van der Waals surface area contributed by atoms with Gasteiger partial charge in [0.05, 0.1) is 35.2 Å². The molecule has 2 aliphatic rings. The number of hydrogen-bond donors (Lipinski definition) is 0. The lowest BCUT2D eigenvalue weighted by Gasteiger charge is -2.39. The normalized spacial score (nSPS) is 21.9. The fraction of sp³-hybridized carbons (Fsp3) is 0.538. The molecule has 0 aliphatic carbocycles. The van der Waals surface area contributed by atoms with E-state index in [9.17, 15) is 4.21 Å². The number of piperidine rings is 1. The van der Waals surface area contributed by atoms with Crippen molar-refractivity contribution in [3.05, 3.63) is 35.9 Å². The van der Waals surface area contributed by atoms with E-state index >= 15 is 0 Å². The first-order valence-electron chi connectivity index (χ1n) is 13.1. The molecule has 2 unspecified atom stereocenters. The molecule has 0 saturated carbocycles. The Labute approximate surface area is 224 Å². The summed E-state index contributed by atoms with van der Waals surface area (Å²) in [6.07, 6.45) is 4.12. The molecule has 5 heterocycles. The number of benzene rings is 1. The molecule has 202 valence electrons. The molecule has 3 aromatic heterocycles. The Bertz CT molecular complexity index is 1510. The minimum atomic E-state index is -1.09. The number of aromatic nitrogens is 6. The molecule has 12 heteroatoms. The monoisotopic (exact) mass is 538 g/mol. The van der Waals surface area contributed by atoms with Crippen LogP contribution < -0.4 is 4.90 Å². The molecule has 4 aromatic rings. The van der Waals surface area contributed by atoms with Gasteiger partial charge in [0.15, 0.2) is 17.0 Å². The third-order valence-electron chi connectivity index (χ3n) is 7.73. The van der Waals surface area contributed by atoms with Crippen molar-refractivity contribution in [1.82, 2.24) is 33.4 Å². The van der Waals surface area contributed by atoms with Gasteiger partial charge in [-0.05, 0) is 25.0 Å². The fourth-order valence-corrected chi connectivity index (χ4v) is 6.50. The summed E-state index contributed by atoms with van der Waals surface area (Å²) in [6.45, 7) is 6.08. The third kappa shape index (κ3) is 4.10. The maximum absolute atomic E-state index is 12.4. The molecule has 38 heavy (non-hydrogen) atoms. The molecule has 11 nitrogen and oxygen atoms in total. The van der Waals surface area contributed by atoms with E-state index in [-0.39, 0.29) is 0 Å². The van der Waals surface area contributed by atoms with Crippen molar-refractivity contribution in [3.8, 4) is 5.95 Å². The predicted molar refractivity (Wildman–Crippen MR) is 147 cm³/mol. The Balaban J connectivity index is 1.59. The molecule has 0 N–H and O–H groups in total. The Hall–Kier alpha value is -2.93. The van der Waals surface area contributed by atoms with E-state index in [1.807, 2.05) is 34.1 Å². The van der Waals surface area contributed by atoms with Crippen LogP contribution in [0.5, 0.6) is 0 Å². The van der Waals surface area contributed by atoms with Gasteiger partial charge in [-0.15, -0.1) is 0 Å². The van der Waals surface area contributed by atoms with Crippen LogP contribution >= 0.6 is 0 Å². The summed E-state index contributed by atoms with van der Waals surface area (Å²) in [5.74, 6) is 3.04. The maximum atomic E-state index is 12.4. The summed E-state index contributed by atoms with van der Waals surface area (Å²) in [4.78, 5) is 22.5. The first-order valence-corrected chi connectivity index (χ1v) is 14.6. The summed E-state index contributed by atoms with van der Waals surface area (Å²) >= 11 is 0. The molecule has 6 rings (SSSR count). The van der Waals surface area contributed by atoms with Crippen LogP contribution in [0, 0.1) is 0 Å². The van der Waals surface area contributed by atoms with Crippen LogP contribution in [0.1, 0.15) is 31.4 Å². The van der Waals surface area contributed by atoms with Gasteiger partial charge in [-0.1, -0.05) is 19.1 Å². The van der Waals surface area contributed by atoms with E-state index in [1.54, 1.807) is 13.4 Å². The van der Waals surface area contributed by atoms with E-state index in [4.69, 9.17) is 29.4 Å². The predicted octanol–water partition coefficient (Wildman–Crippen LogP) is 2.33. The number of hydrogen-bond acceptors (Lipinski definition) is 8. The van der Waals surface area contributed by atoms with Crippen molar-refractivity contribution in [2.75, 3.05) is 57.7 Å². The number of morpholine rings is 1. The second-order valence-corrected chi connectivity index (χ2v) is 11.3. The van der Waals surface area contributed by atoms with Gasteiger partial charge in [0.2, 0.25) is 5.95 Å². The molecular weight excluding hydrogens is 504 g/mol. The molecule has 0 amide bonds. The van der Waals surface area contributed by atoms with Crippen LogP contribution in [0.15, 0.2) is 24.3 Å². The summed E-state index contributed by atoms with van der Waals surface area (Å²) < 4.78 is 30.3. The minimum Gasteiger partial charge on any atom is -0.378 e. The molecule has 2 atom stereocenters. The maximum Gasteiger partial charge on any atom is 0.239 e. The molecule has 0 bridgehead atoms.